The normalized spacial score (nSPS) is 24.4. The van der Waals surface area contributed by atoms with Gasteiger partial charge in [0.05, 0.1) is 11.2 Å². The summed E-state index contributed by atoms with van der Waals surface area (Å²) in [6.07, 6.45) is 2.97. The van der Waals surface area contributed by atoms with Crippen LogP contribution in [0.3, 0.4) is 0 Å². The third-order valence-corrected chi connectivity index (χ3v) is 4.96. The van der Waals surface area contributed by atoms with Gasteiger partial charge >= 0.3 is 7.12 Å². The van der Waals surface area contributed by atoms with Gasteiger partial charge in [0.1, 0.15) is 5.82 Å². The summed E-state index contributed by atoms with van der Waals surface area (Å²) >= 11 is 0. The molecule has 5 nitrogen and oxygen atoms in total. The second-order valence-corrected chi connectivity index (χ2v) is 7.10. The second kappa shape index (κ2) is 5.83. The number of nitrogens with one attached hydrogen (secondary N) is 1. The van der Waals surface area contributed by atoms with Crippen molar-refractivity contribution in [3.8, 4) is 0 Å². The van der Waals surface area contributed by atoms with Gasteiger partial charge in [-0.15, -0.1) is 0 Å². The Labute approximate surface area is 133 Å². The molecule has 0 amide bonds. The maximum atomic E-state index is 6.21. The van der Waals surface area contributed by atoms with Crippen LogP contribution in [0.2, 0.25) is 0 Å². The van der Waals surface area contributed by atoms with Gasteiger partial charge in [-0.25, -0.2) is 4.98 Å². The van der Waals surface area contributed by atoms with Crippen LogP contribution in [0.1, 0.15) is 34.1 Å². The molecule has 2 fully saturated rings. The van der Waals surface area contributed by atoms with Gasteiger partial charge in [-0.2, -0.15) is 0 Å². The molecule has 0 saturated carbocycles. The number of nitrogens with zero attached hydrogens (tertiary/aromatic N) is 2. The Balaban J connectivity index is 1.89. The van der Waals surface area contributed by atoms with Crippen molar-refractivity contribution in [3.05, 3.63) is 18.3 Å². The minimum atomic E-state index is -0.357. The molecule has 0 bridgehead atoms. The van der Waals surface area contributed by atoms with E-state index in [1.165, 1.54) is 0 Å². The number of hydrogen-bond donors (Lipinski definition) is 1. The second-order valence-electron chi connectivity index (χ2n) is 7.10. The van der Waals surface area contributed by atoms with Gasteiger partial charge in [-0.1, -0.05) is 6.07 Å². The van der Waals surface area contributed by atoms with Gasteiger partial charge in [0.2, 0.25) is 0 Å². The number of anilines is 1. The molecular weight excluding hydrogens is 277 g/mol. The van der Waals surface area contributed by atoms with E-state index in [0.29, 0.717) is 0 Å². The van der Waals surface area contributed by atoms with Crippen LogP contribution in [0.5, 0.6) is 0 Å². The molecule has 1 aromatic heterocycles. The van der Waals surface area contributed by atoms with E-state index in [9.17, 15) is 0 Å². The van der Waals surface area contributed by atoms with E-state index in [2.05, 4.69) is 49.0 Å². The zero-order chi connectivity index (χ0) is 15.8. The molecule has 3 rings (SSSR count). The molecule has 0 spiro atoms. The SMILES string of the molecule is CC1(C)OB(c2cccnc2N2CCCNCC2)OC1(C)C. The molecule has 22 heavy (non-hydrogen) atoms. The number of rotatable bonds is 2. The van der Waals surface area contributed by atoms with Crippen molar-refractivity contribution >= 4 is 18.4 Å². The molecule has 1 aromatic rings. The highest BCUT2D eigenvalue weighted by Crippen LogP contribution is 2.37. The average molecular weight is 303 g/mol. The Morgan fingerprint density at radius 1 is 1.14 bits per heavy atom. The quantitative estimate of drug-likeness (QED) is 0.831. The lowest BCUT2D eigenvalue weighted by atomic mass is 9.79. The lowest BCUT2D eigenvalue weighted by Gasteiger charge is -2.32. The minimum Gasteiger partial charge on any atom is -0.399 e. The Morgan fingerprint density at radius 2 is 1.86 bits per heavy atom. The number of hydrogen-bond acceptors (Lipinski definition) is 5. The highest BCUT2D eigenvalue weighted by Gasteiger charge is 2.52. The van der Waals surface area contributed by atoms with E-state index >= 15 is 0 Å². The summed E-state index contributed by atoms with van der Waals surface area (Å²) < 4.78 is 12.4. The fourth-order valence-electron chi connectivity index (χ4n) is 2.89. The summed E-state index contributed by atoms with van der Waals surface area (Å²) in [7, 11) is -0.357. The molecule has 0 aliphatic carbocycles. The molecule has 0 atom stereocenters. The van der Waals surface area contributed by atoms with Gasteiger partial charge in [0.15, 0.2) is 0 Å². The number of aromatic nitrogens is 1. The first-order chi connectivity index (χ1) is 10.4. The maximum absolute atomic E-state index is 6.21. The molecule has 2 aliphatic rings. The molecule has 2 saturated heterocycles. The molecule has 2 aliphatic heterocycles. The van der Waals surface area contributed by atoms with Crippen LogP contribution in [-0.2, 0) is 9.31 Å². The van der Waals surface area contributed by atoms with Crippen molar-refractivity contribution in [2.75, 3.05) is 31.1 Å². The van der Waals surface area contributed by atoms with Crippen LogP contribution in [0, 0.1) is 0 Å². The maximum Gasteiger partial charge on any atom is 0.498 e. The molecular formula is C16H26BN3O2. The van der Waals surface area contributed by atoms with Gasteiger partial charge < -0.3 is 19.5 Å². The van der Waals surface area contributed by atoms with Crippen molar-refractivity contribution in [1.29, 1.82) is 0 Å². The van der Waals surface area contributed by atoms with Gasteiger partial charge in [0, 0.05) is 31.3 Å². The monoisotopic (exact) mass is 303 g/mol. The van der Waals surface area contributed by atoms with E-state index in [1.54, 1.807) is 0 Å². The number of pyridine rings is 1. The van der Waals surface area contributed by atoms with Crippen molar-refractivity contribution in [2.45, 2.75) is 45.3 Å². The highest BCUT2D eigenvalue weighted by atomic mass is 16.7. The van der Waals surface area contributed by atoms with Gasteiger partial charge in [0.25, 0.3) is 0 Å². The van der Waals surface area contributed by atoms with Crippen molar-refractivity contribution in [2.24, 2.45) is 0 Å². The Kier molecular flexibility index (Phi) is 4.18. The fourth-order valence-corrected chi connectivity index (χ4v) is 2.89. The smallest absolute Gasteiger partial charge is 0.399 e. The molecule has 0 radical (unpaired) electrons. The lowest BCUT2D eigenvalue weighted by molar-refractivity contribution is 0.00578. The van der Waals surface area contributed by atoms with Crippen LogP contribution in [-0.4, -0.2) is 49.5 Å². The molecule has 3 heterocycles. The first-order valence-electron chi connectivity index (χ1n) is 8.17. The first-order valence-corrected chi connectivity index (χ1v) is 8.17. The highest BCUT2D eigenvalue weighted by molar-refractivity contribution is 6.63. The topological polar surface area (TPSA) is 46.6 Å². The van der Waals surface area contributed by atoms with Crippen molar-refractivity contribution in [3.63, 3.8) is 0 Å². The predicted octanol–water partition coefficient (Wildman–Crippen LogP) is 1.18. The van der Waals surface area contributed by atoms with Crippen LogP contribution in [0.15, 0.2) is 18.3 Å². The molecule has 1 N–H and O–H groups in total. The summed E-state index contributed by atoms with van der Waals surface area (Å²) in [5.41, 5.74) is 0.374. The summed E-state index contributed by atoms with van der Waals surface area (Å²) in [5, 5.41) is 3.43. The lowest BCUT2D eigenvalue weighted by Crippen LogP contribution is -2.41. The van der Waals surface area contributed by atoms with Crippen LogP contribution in [0.4, 0.5) is 5.82 Å². The average Bonchev–Trinajstić information content (AvgIpc) is 2.67. The third kappa shape index (κ3) is 2.87. The summed E-state index contributed by atoms with van der Waals surface area (Å²) in [6, 6.07) is 4.03. The van der Waals surface area contributed by atoms with Gasteiger partial charge in [-0.05, 0) is 46.7 Å². The van der Waals surface area contributed by atoms with E-state index in [-0.39, 0.29) is 18.3 Å². The first kappa shape index (κ1) is 15.8. The Morgan fingerprint density at radius 3 is 2.59 bits per heavy atom. The van der Waals surface area contributed by atoms with E-state index in [4.69, 9.17) is 9.31 Å². The van der Waals surface area contributed by atoms with Crippen molar-refractivity contribution < 1.29 is 9.31 Å². The van der Waals surface area contributed by atoms with Gasteiger partial charge in [-0.3, -0.25) is 0 Å². The zero-order valence-electron chi connectivity index (χ0n) is 14.1. The van der Waals surface area contributed by atoms with Crippen LogP contribution in [0.25, 0.3) is 0 Å². The van der Waals surface area contributed by atoms with Crippen LogP contribution >= 0.6 is 0 Å². The third-order valence-electron chi connectivity index (χ3n) is 4.96. The minimum absolute atomic E-state index is 0.328. The van der Waals surface area contributed by atoms with E-state index < -0.39 is 0 Å². The van der Waals surface area contributed by atoms with Crippen molar-refractivity contribution in [1.82, 2.24) is 10.3 Å². The fraction of sp³-hybridized carbons (Fsp3) is 0.688. The standard InChI is InChI=1S/C16H26BN3O2/c1-15(2)16(3,4)22-17(21-15)13-7-5-9-19-14(13)20-11-6-8-18-10-12-20/h5,7,9,18H,6,8,10-12H2,1-4H3. The summed E-state index contributed by atoms with van der Waals surface area (Å²) in [6.45, 7) is 12.4. The zero-order valence-corrected chi connectivity index (χ0v) is 14.1. The summed E-state index contributed by atoms with van der Waals surface area (Å²) in [5.74, 6) is 0.990. The van der Waals surface area contributed by atoms with Crippen LogP contribution < -0.4 is 15.7 Å². The summed E-state index contributed by atoms with van der Waals surface area (Å²) in [4.78, 5) is 6.96. The van der Waals surface area contributed by atoms with E-state index in [1.807, 2.05) is 12.3 Å². The predicted molar refractivity (Wildman–Crippen MR) is 89.7 cm³/mol. The molecule has 6 heteroatoms. The molecule has 0 unspecified atom stereocenters. The Hall–Kier alpha value is -1.11. The van der Waals surface area contributed by atoms with E-state index in [0.717, 1.165) is 43.9 Å². The Bertz CT molecular complexity index is 512. The molecule has 0 aromatic carbocycles. The largest absolute Gasteiger partial charge is 0.498 e. The molecule has 120 valence electrons.